The zero-order valence-corrected chi connectivity index (χ0v) is 12.3. The highest BCUT2D eigenvalue weighted by molar-refractivity contribution is 5.94. The number of benzene rings is 1. The second-order valence-electron chi connectivity index (χ2n) is 5.56. The lowest BCUT2D eigenvalue weighted by atomic mass is 9.94. The Labute approximate surface area is 120 Å². The summed E-state index contributed by atoms with van der Waals surface area (Å²) in [5.41, 5.74) is 6.70. The van der Waals surface area contributed by atoms with Crippen molar-refractivity contribution in [3.8, 4) is 5.75 Å². The van der Waals surface area contributed by atoms with E-state index in [9.17, 15) is 4.79 Å². The molecule has 1 fully saturated rings. The maximum Gasteiger partial charge on any atom is 0.253 e. The molecule has 0 spiro atoms. The topological polar surface area (TPSA) is 55.6 Å². The number of piperidine rings is 1. The van der Waals surface area contributed by atoms with Crippen molar-refractivity contribution < 1.29 is 9.53 Å². The van der Waals surface area contributed by atoms with E-state index in [1.807, 2.05) is 29.2 Å². The van der Waals surface area contributed by atoms with Crippen molar-refractivity contribution in [2.45, 2.75) is 32.7 Å². The van der Waals surface area contributed by atoms with Crippen molar-refractivity contribution in [2.75, 3.05) is 19.7 Å². The molecule has 0 aliphatic carbocycles. The average molecular weight is 276 g/mol. The van der Waals surface area contributed by atoms with Crippen molar-refractivity contribution in [2.24, 2.45) is 11.7 Å². The Balaban J connectivity index is 2.05. The van der Waals surface area contributed by atoms with E-state index in [2.05, 4.69) is 13.8 Å². The van der Waals surface area contributed by atoms with E-state index in [4.69, 9.17) is 10.5 Å². The summed E-state index contributed by atoms with van der Waals surface area (Å²) in [7, 11) is 0. The third-order valence-corrected chi connectivity index (χ3v) is 3.81. The average Bonchev–Trinajstić information content (AvgIpc) is 2.47. The first-order valence-electron chi connectivity index (χ1n) is 7.39. The molecular formula is C16H24N2O2. The molecule has 2 N–H and O–H groups in total. The van der Waals surface area contributed by atoms with E-state index < -0.39 is 0 Å². The summed E-state index contributed by atoms with van der Waals surface area (Å²) in [6.07, 6.45) is 1.83. The molecule has 1 amide bonds. The Morgan fingerprint density at radius 1 is 1.50 bits per heavy atom. The minimum atomic E-state index is 0.0747. The van der Waals surface area contributed by atoms with E-state index in [0.717, 1.165) is 31.7 Å². The highest BCUT2D eigenvalue weighted by atomic mass is 16.5. The molecule has 1 saturated heterocycles. The molecule has 0 saturated carbocycles. The maximum absolute atomic E-state index is 12.5. The van der Waals surface area contributed by atoms with Gasteiger partial charge in [-0.15, -0.1) is 0 Å². The molecule has 1 aromatic rings. The largest absolute Gasteiger partial charge is 0.494 e. The number of nitrogens with zero attached hydrogens (tertiary/aromatic N) is 1. The van der Waals surface area contributed by atoms with Crippen molar-refractivity contribution in [1.29, 1.82) is 0 Å². The Morgan fingerprint density at radius 2 is 2.30 bits per heavy atom. The van der Waals surface area contributed by atoms with Gasteiger partial charge in [0.05, 0.1) is 6.61 Å². The second-order valence-corrected chi connectivity index (χ2v) is 5.56. The fourth-order valence-corrected chi connectivity index (χ4v) is 2.47. The fraction of sp³-hybridized carbons (Fsp3) is 0.562. The summed E-state index contributed by atoms with van der Waals surface area (Å²) in [4.78, 5) is 14.4. The van der Waals surface area contributed by atoms with Crippen LogP contribution < -0.4 is 10.5 Å². The van der Waals surface area contributed by atoms with Crippen LogP contribution in [0, 0.1) is 5.92 Å². The quantitative estimate of drug-likeness (QED) is 0.918. The van der Waals surface area contributed by atoms with Gasteiger partial charge < -0.3 is 15.4 Å². The van der Waals surface area contributed by atoms with Gasteiger partial charge in [-0.2, -0.15) is 0 Å². The van der Waals surface area contributed by atoms with Gasteiger partial charge in [-0.3, -0.25) is 4.79 Å². The molecule has 0 bridgehead atoms. The second kappa shape index (κ2) is 6.75. The van der Waals surface area contributed by atoms with Gasteiger partial charge in [-0.05, 0) is 37.0 Å². The van der Waals surface area contributed by atoms with Crippen LogP contribution in [-0.4, -0.2) is 36.5 Å². The van der Waals surface area contributed by atoms with Crippen LogP contribution in [0.4, 0.5) is 0 Å². The SMILES string of the molecule is CCCOc1cccc(C(=O)N2CCC(N)C(C)C2)c1. The molecule has 1 aliphatic heterocycles. The van der Waals surface area contributed by atoms with Crippen LogP contribution >= 0.6 is 0 Å². The van der Waals surface area contributed by atoms with E-state index in [1.54, 1.807) is 0 Å². The summed E-state index contributed by atoms with van der Waals surface area (Å²) >= 11 is 0. The van der Waals surface area contributed by atoms with Gasteiger partial charge in [0.1, 0.15) is 5.75 Å². The number of hydrogen-bond acceptors (Lipinski definition) is 3. The number of nitrogens with two attached hydrogens (primary N) is 1. The highest BCUT2D eigenvalue weighted by Crippen LogP contribution is 2.20. The summed E-state index contributed by atoms with van der Waals surface area (Å²) in [6, 6.07) is 7.65. The minimum Gasteiger partial charge on any atom is -0.494 e. The molecule has 4 heteroatoms. The lowest BCUT2D eigenvalue weighted by molar-refractivity contribution is 0.0663. The molecule has 2 rings (SSSR count). The molecule has 2 atom stereocenters. The van der Waals surface area contributed by atoms with Gasteiger partial charge in [-0.25, -0.2) is 0 Å². The van der Waals surface area contributed by atoms with Crippen LogP contribution in [-0.2, 0) is 0 Å². The fourth-order valence-electron chi connectivity index (χ4n) is 2.47. The Bertz CT molecular complexity index is 462. The summed E-state index contributed by atoms with van der Waals surface area (Å²) in [5, 5.41) is 0. The van der Waals surface area contributed by atoms with Gasteiger partial charge in [-0.1, -0.05) is 19.9 Å². The first-order valence-corrected chi connectivity index (χ1v) is 7.39. The molecule has 1 heterocycles. The van der Waals surface area contributed by atoms with Crippen LogP contribution in [0.1, 0.15) is 37.0 Å². The zero-order chi connectivity index (χ0) is 14.5. The normalized spacial score (nSPS) is 22.6. The molecule has 4 nitrogen and oxygen atoms in total. The van der Waals surface area contributed by atoms with Crippen molar-refractivity contribution in [3.63, 3.8) is 0 Å². The lowest BCUT2D eigenvalue weighted by Gasteiger charge is -2.35. The van der Waals surface area contributed by atoms with Crippen molar-refractivity contribution >= 4 is 5.91 Å². The van der Waals surface area contributed by atoms with E-state index in [-0.39, 0.29) is 11.9 Å². The van der Waals surface area contributed by atoms with Crippen LogP contribution in [0.5, 0.6) is 5.75 Å². The maximum atomic E-state index is 12.5. The molecule has 0 aromatic heterocycles. The zero-order valence-electron chi connectivity index (χ0n) is 12.3. The molecule has 0 radical (unpaired) electrons. The van der Waals surface area contributed by atoms with Crippen LogP contribution in [0.3, 0.4) is 0 Å². The number of ether oxygens (including phenoxy) is 1. The lowest BCUT2D eigenvalue weighted by Crippen LogP contribution is -2.48. The Hall–Kier alpha value is -1.55. The predicted molar refractivity (Wildman–Crippen MR) is 79.9 cm³/mol. The molecule has 1 aromatic carbocycles. The van der Waals surface area contributed by atoms with Crippen LogP contribution in [0.2, 0.25) is 0 Å². The van der Waals surface area contributed by atoms with Crippen LogP contribution in [0.15, 0.2) is 24.3 Å². The third-order valence-electron chi connectivity index (χ3n) is 3.81. The number of carbonyl (C=O) groups excluding carboxylic acids is 1. The monoisotopic (exact) mass is 276 g/mol. The number of hydrogen-bond donors (Lipinski definition) is 1. The molecule has 110 valence electrons. The Morgan fingerprint density at radius 3 is 3.00 bits per heavy atom. The standard InChI is InChI=1S/C16H24N2O2/c1-3-9-20-14-6-4-5-13(10-14)16(19)18-8-7-15(17)12(2)11-18/h4-6,10,12,15H,3,7-9,11,17H2,1-2H3. The minimum absolute atomic E-state index is 0.0747. The van der Waals surface area contributed by atoms with Gasteiger partial charge in [0.25, 0.3) is 5.91 Å². The number of likely N-dealkylation sites (tertiary alicyclic amines) is 1. The summed E-state index contributed by atoms with van der Waals surface area (Å²) in [6.45, 7) is 6.32. The van der Waals surface area contributed by atoms with E-state index in [1.165, 1.54) is 0 Å². The molecule has 20 heavy (non-hydrogen) atoms. The molecule has 2 unspecified atom stereocenters. The van der Waals surface area contributed by atoms with Crippen LogP contribution in [0.25, 0.3) is 0 Å². The highest BCUT2D eigenvalue weighted by Gasteiger charge is 2.26. The van der Waals surface area contributed by atoms with Crippen molar-refractivity contribution in [1.82, 2.24) is 4.90 Å². The number of carbonyl (C=O) groups is 1. The third kappa shape index (κ3) is 3.51. The van der Waals surface area contributed by atoms with Gasteiger partial charge in [0.15, 0.2) is 0 Å². The van der Waals surface area contributed by atoms with E-state index >= 15 is 0 Å². The van der Waals surface area contributed by atoms with Gasteiger partial charge >= 0.3 is 0 Å². The van der Waals surface area contributed by atoms with Gasteiger partial charge in [0, 0.05) is 24.7 Å². The smallest absolute Gasteiger partial charge is 0.253 e. The first-order chi connectivity index (χ1) is 9.61. The number of rotatable bonds is 4. The summed E-state index contributed by atoms with van der Waals surface area (Å²) < 4.78 is 5.58. The van der Waals surface area contributed by atoms with Crippen molar-refractivity contribution in [3.05, 3.63) is 29.8 Å². The molecular weight excluding hydrogens is 252 g/mol. The first kappa shape index (κ1) is 14.9. The summed E-state index contributed by atoms with van der Waals surface area (Å²) in [5.74, 6) is 1.19. The van der Waals surface area contributed by atoms with Gasteiger partial charge in [0.2, 0.25) is 0 Å². The predicted octanol–water partition coefficient (Wildman–Crippen LogP) is 2.28. The van der Waals surface area contributed by atoms with E-state index in [0.29, 0.717) is 18.1 Å². The Kier molecular flexibility index (Phi) is 5.01. The molecule has 1 aliphatic rings. The number of amides is 1.